The van der Waals surface area contributed by atoms with E-state index in [4.69, 9.17) is 14.1 Å². The van der Waals surface area contributed by atoms with Crippen molar-refractivity contribution in [3.63, 3.8) is 0 Å². The van der Waals surface area contributed by atoms with Crippen molar-refractivity contribution < 1.29 is 11.9 Å². The smallest absolute Gasteiger partial charge is 0.145 e. The van der Waals surface area contributed by atoms with Crippen molar-refractivity contribution in [2.75, 3.05) is 16.5 Å². The number of pyridine rings is 1. The Balaban J connectivity index is 1.05. The van der Waals surface area contributed by atoms with Gasteiger partial charge >= 0.3 is 0 Å². The molecule has 1 aliphatic heterocycles. The van der Waals surface area contributed by atoms with Gasteiger partial charge in [0.2, 0.25) is 0 Å². The van der Waals surface area contributed by atoms with Gasteiger partial charge in [-0.1, -0.05) is 235 Å². The highest BCUT2D eigenvalue weighted by Gasteiger charge is 2.35. The van der Waals surface area contributed by atoms with Gasteiger partial charge in [-0.25, -0.2) is 4.98 Å². The van der Waals surface area contributed by atoms with Gasteiger partial charge in [-0.3, -0.25) is 4.57 Å². The predicted molar refractivity (Wildman–Crippen MR) is 397 cm³/mol. The Labute approximate surface area is 556 Å². The summed E-state index contributed by atoms with van der Waals surface area (Å²) in [5.41, 5.74) is 22.8. The maximum atomic E-state index is 9.74. The molecule has 1 aliphatic rings. The summed E-state index contributed by atoms with van der Waals surface area (Å²) in [7, 11) is 0. The Hall–Kier alpha value is -8.87. The number of anilines is 4. The maximum Gasteiger partial charge on any atom is 0.145 e. The molecule has 13 rings (SSSR count). The van der Waals surface area contributed by atoms with Gasteiger partial charge in [0.1, 0.15) is 35.2 Å². The average molecular weight is 1230 g/mol. The SMILES string of the molecule is [2H]C(C)(C)c1cccc(C([2H])(C)C)c1-c1cc(Oc2ccc3c4c5oc6ccccc6c5ccc4n(-c4cc(C(C)(C)C)c(C)cn4)c3c2)cc(N2CN(c3c(-c4cc(C(C)(C)C)cc(C(C)(C)C)c4)cccc3-c3cc(C(C)(C)C)cc(C(C)(C)C)c3)c3ccccc32)c1. The number of rotatable bonds is 10. The van der Waals surface area contributed by atoms with Crippen LogP contribution in [-0.2, 0) is 27.1 Å². The summed E-state index contributed by atoms with van der Waals surface area (Å²) in [6, 6.07) is 64.3. The molecule has 0 fully saturated rings. The lowest BCUT2D eigenvalue weighted by molar-refractivity contribution is 0.483. The quantitative estimate of drug-likeness (QED) is 0.137. The largest absolute Gasteiger partial charge is 0.457 e. The number of hydrogen-bond donors (Lipinski definition) is 0. The summed E-state index contributed by atoms with van der Waals surface area (Å²) in [4.78, 5) is 10.2. The highest BCUT2D eigenvalue weighted by molar-refractivity contribution is 6.24. The van der Waals surface area contributed by atoms with Gasteiger partial charge in [-0.2, -0.15) is 0 Å². The van der Waals surface area contributed by atoms with Crippen molar-refractivity contribution in [3.05, 3.63) is 227 Å². The number of aryl methyl sites for hydroxylation is 1. The molecule has 93 heavy (non-hydrogen) atoms. The molecule has 0 amide bonds. The Bertz CT molecular complexity index is 4840. The van der Waals surface area contributed by atoms with Gasteiger partial charge in [-0.05, 0) is 173 Å². The minimum Gasteiger partial charge on any atom is -0.457 e. The van der Waals surface area contributed by atoms with Gasteiger partial charge in [-0.15, -0.1) is 0 Å². The summed E-state index contributed by atoms with van der Waals surface area (Å²) < 4.78 is 36.0. The summed E-state index contributed by atoms with van der Waals surface area (Å²) in [5.74, 6) is 0.0466. The summed E-state index contributed by atoms with van der Waals surface area (Å²) in [6.45, 7) is 45.0. The Morgan fingerprint density at radius 2 is 1.01 bits per heavy atom. The topological polar surface area (TPSA) is 46.7 Å². The van der Waals surface area contributed by atoms with Crippen LogP contribution in [0.25, 0.3) is 82.9 Å². The van der Waals surface area contributed by atoms with Crippen LogP contribution in [0.4, 0.5) is 22.7 Å². The van der Waals surface area contributed by atoms with Crippen LogP contribution in [0.5, 0.6) is 11.5 Å². The van der Waals surface area contributed by atoms with E-state index in [0.29, 0.717) is 18.2 Å². The van der Waals surface area contributed by atoms with Crippen LogP contribution in [0.1, 0.15) is 191 Å². The number of para-hydroxylation sites is 4. The molecule has 6 heteroatoms. The monoisotopic (exact) mass is 1230 g/mol. The molecule has 0 bridgehead atoms. The first-order valence-electron chi connectivity index (χ1n) is 34.3. The molecular weight excluding hydrogens is 1130 g/mol. The van der Waals surface area contributed by atoms with E-state index in [0.717, 1.165) is 111 Å². The van der Waals surface area contributed by atoms with Crippen LogP contribution in [0.15, 0.2) is 187 Å². The van der Waals surface area contributed by atoms with Crippen molar-refractivity contribution >= 4 is 66.5 Å². The van der Waals surface area contributed by atoms with E-state index in [1.165, 1.54) is 38.9 Å². The lowest BCUT2D eigenvalue weighted by atomic mass is 9.77. The van der Waals surface area contributed by atoms with Crippen LogP contribution < -0.4 is 14.5 Å². The second-order valence-corrected chi connectivity index (χ2v) is 31.9. The summed E-state index contributed by atoms with van der Waals surface area (Å²) in [5, 5.41) is 4.17. The van der Waals surface area contributed by atoms with Crippen molar-refractivity contribution in [2.45, 2.75) is 177 Å². The molecule has 0 radical (unpaired) electrons. The van der Waals surface area contributed by atoms with Crippen molar-refractivity contribution in [2.24, 2.45) is 0 Å². The van der Waals surface area contributed by atoms with E-state index < -0.39 is 11.8 Å². The third-order valence-electron chi connectivity index (χ3n) is 19.2. The third kappa shape index (κ3) is 11.5. The van der Waals surface area contributed by atoms with Crippen LogP contribution in [0, 0.1) is 6.92 Å². The van der Waals surface area contributed by atoms with E-state index in [1.807, 2.05) is 52.1 Å². The first-order valence-corrected chi connectivity index (χ1v) is 33.3. The number of ether oxygens (including phenoxy) is 1. The van der Waals surface area contributed by atoms with E-state index in [1.54, 1.807) is 0 Å². The molecule has 6 nitrogen and oxygen atoms in total. The molecule has 0 atom stereocenters. The molecule has 9 aromatic carbocycles. The van der Waals surface area contributed by atoms with Crippen molar-refractivity contribution in [3.8, 4) is 50.7 Å². The molecule has 0 aliphatic carbocycles. The zero-order valence-electron chi connectivity index (χ0n) is 60.6. The fraction of sp³-hybridized carbons (Fsp3) is 0.322. The molecule has 474 valence electrons. The summed E-state index contributed by atoms with van der Waals surface area (Å²) >= 11 is 0. The van der Waals surface area contributed by atoms with Gasteiger partial charge in [0.05, 0.1) is 33.5 Å². The number of nitrogens with zero attached hydrogens (tertiary/aromatic N) is 4. The second kappa shape index (κ2) is 22.7. The number of hydrogen-bond acceptors (Lipinski definition) is 5. The van der Waals surface area contributed by atoms with Gasteiger partial charge in [0.25, 0.3) is 0 Å². The predicted octanol–water partition coefficient (Wildman–Crippen LogP) is 25.2. The number of benzene rings is 9. The lowest BCUT2D eigenvalue weighted by Crippen LogP contribution is -2.25. The molecule has 0 unspecified atom stereocenters. The summed E-state index contributed by atoms with van der Waals surface area (Å²) in [6.07, 6.45) is 2.00. The molecule has 4 heterocycles. The van der Waals surface area contributed by atoms with Crippen LogP contribution in [-0.4, -0.2) is 16.2 Å². The third-order valence-corrected chi connectivity index (χ3v) is 19.2. The first-order chi connectivity index (χ1) is 44.4. The van der Waals surface area contributed by atoms with Crippen molar-refractivity contribution in [1.82, 2.24) is 9.55 Å². The number of aromatic nitrogens is 2. The van der Waals surface area contributed by atoms with E-state index in [2.05, 4.69) is 283 Å². The van der Waals surface area contributed by atoms with Gasteiger partial charge in [0.15, 0.2) is 0 Å². The molecular formula is C87H94N4O2. The zero-order valence-corrected chi connectivity index (χ0v) is 58.6. The lowest BCUT2D eigenvalue weighted by Gasteiger charge is -2.31. The van der Waals surface area contributed by atoms with Crippen molar-refractivity contribution in [1.29, 1.82) is 0 Å². The normalized spacial score (nSPS) is 14.0. The Morgan fingerprint density at radius 3 is 1.57 bits per heavy atom. The molecule has 3 aromatic heterocycles. The maximum absolute atomic E-state index is 9.74. The fourth-order valence-corrected chi connectivity index (χ4v) is 14.0. The van der Waals surface area contributed by atoms with Gasteiger partial charge < -0.3 is 19.0 Å². The molecule has 0 saturated carbocycles. The Kier molecular flexibility index (Phi) is 14.7. The molecule has 0 spiro atoms. The zero-order chi connectivity index (χ0) is 68.0. The molecule has 12 aromatic rings. The first kappa shape index (κ1) is 60.4. The average Bonchev–Trinajstić information content (AvgIpc) is 1.59. The van der Waals surface area contributed by atoms with E-state index in [9.17, 15) is 2.74 Å². The number of furan rings is 1. The highest BCUT2D eigenvalue weighted by Crippen LogP contribution is 2.53. The van der Waals surface area contributed by atoms with Gasteiger partial charge in [0, 0.05) is 54.0 Å². The minimum absolute atomic E-state index is 0.109. The minimum atomic E-state index is -1.01. The number of fused-ring (bicyclic) bond motifs is 8. The Morgan fingerprint density at radius 1 is 0.473 bits per heavy atom. The fourth-order valence-electron chi connectivity index (χ4n) is 14.0. The molecule has 0 N–H and O–H groups in total. The van der Waals surface area contributed by atoms with E-state index in [-0.39, 0.29) is 27.1 Å². The standard InChI is InChI=1S/C87H94N4O2/c1-52(2)65-28-25-29-66(53(3)4)79(65)57-43-62(47-64(44-57)92-63-35-36-71-76(48-63)91(78-49-72(87(18,19)20)54(5)50-88-78)75-38-37-70-69-27-21-24-34-77(69)93-82(70)80(71)75)89-51-90(74-33-23-22-32-73(74)89)81-67(55-39-58(83(6,7)8)45-59(40-55)84(9,10)11)30-26-31-68(81)56-41-60(85(12,13)14)46-61(42-56)86(15,16)17/h21-50,52-53H,51H2,1-20H3/i52D,53D. The van der Waals surface area contributed by atoms with Crippen LogP contribution in [0.2, 0.25) is 0 Å². The molecule has 0 saturated heterocycles. The van der Waals surface area contributed by atoms with E-state index >= 15 is 0 Å². The van der Waals surface area contributed by atoms with Crippen LogP contribution >= 0.6 is 0 Å². The van der Waals surface area contributed by atoms with Crippen LogP contribution in [0.3, 0.4) is 0 Å². The second-order valence-electron chi connectivity index (χ2n) is 31.9. The highest BCUT2D eigenvalue weighted by atomic mass is 16.5.